The second-order valence-corrected chi connectivity index (χ2v) is 40.6. The van der Waals surface area contributed by atoms with E-state index in [4.69, 9.17) is 0 Å². The summed E-state index contributed by atoms with van der Waals surface area (Å²) in [6.45, 7) is 8.06. The highest BCUT2D eigenvalue weighted by atomic mass is 32.8. The molecule has 0 nitrogen and oxygen atoms in total. The van der Waals surface area contributed by atoms with E-state index in [1.54, 1.807) is 10.4 Å². The molecule has 2 aromatic carbocycles. The molecule has 0 aliphatic carbocycles. The van der Waals surface area contributed by atoms with Crippen molar-refractivity contribution in [2.45, 2.75) is 26.2 Å². The molecular weight excluding hydrogens is 341 g/mol. The molecule has 0 N–H and O–H groups in total. The smallest absolute Gasteiger partial charge is 0.189 e. The van der Waals surface area contributed by atoms with E-state index in [1.165, 1.54) is 0 Å². The standard InChI is InChI=1S/C16H22S2Si3/c1-19(2)17-21(18-20(19,3)4,15-11-7-5-8-12-15)16-13-9-6-10-14-16/h5-14H,1-4H3. The van der Waals surface area contributed by atoms with E-state index in [0.717, 1.165) is 0 Å². The first-order chi connectivity index (χ1) is 9.87. The maximum Gasteiger partial charge on any atom is 0.228 e. The quantitative estimate of drug-likeness (QED) is 0.734. The molecule has 0 saturated carbocycles. The van der Waals surface area contributed by atoms with Gasteiger partial charge in [0.15, 0.2) is 0 Å². The van der Waals surface area contributed by atoms with Crippen molar-refractivity contribution in [1.82, 2.24) is 0 Å². The molecule has 2 aromatic rings. The van der Waals surface area contributed by atoms with Gasteiger partial charge in [0.2, 0.25) is 6.37 Å². The maximum absolute atomic E-state index is 2.61. The zero-order chi connectivity index (χ0) is 15.1. The Labute approximate surface area is 138 Å². The zero-order valence-electron chi connectivity index (χ0n) is 13.1. The van der Waals surface area contributed by atoms with Crippen LogP contribution in [0.15, 0.2) is 60.7 Å². The van der Waals surface area contributed by atoms with Gasteiger partial charge in [-0.2, -0.15) is 21.3 Å². The van der Waals surface area contributed by atoms with Gasteiger partial charge in [0.05, 0.1) is 0 Å². The maximum atomic E-state index is 2.61. The molecule has 0 aromatic heterocycles. The number of hydrogen-bond acceptors (Lipinski definition) is 2. The van der Waals surface area contributed by atoms with Crippen LogP contribution in [-0.4, -0.2) is 19.9 Å². The normalized spacial score (nSPS) is 22.1. The van der Waals surface area contributed by atoms with E-state index < -0.39 is 19.9 Å². The highest BCUT2D eigenvalue weighted by molar-refractivity contribution is 8.89. The first kappa shape index (κ1) is 15.7. The van der Waals surface area contributed by atoms with Gasteiger partial charge in [-0.15, -0.1) is 0 Å². The molecule has 0 atom stereocenters. The summed E-state index contributed by atoms with van der Waals surface area (Å²) in [5.74, 6) is 0. The number of hydrogen-bond donors (Lipinski definition) is 0. The van der Waals surface area contributed by atoms with Crippen molar-refractivity contribution in [1.29, 1.82) is 0 Å². The van der Waals surface area contributed by atoms with Crippen molar-refractivity contribution in [3.05, 3.63) is 60.7 Å². The molecular formula is C16H22S2Si3. The van der Waals surface area contributed by atoms with Crippen LogP contribution in [0.2, 0.25) is 26.2 Å². The van der Waals surface area contributed by atoms with Gasteiger partial charge in [-0.3, -0.25) is 0 Å². The lowest BCUT2D eigenvalue weighted by molar-refractivity contribution is 1.74. The van der Waals surface area contributed by atoms with Crippen molar-refractivity contribution in [2.24, 2.45) is 0 Å². The summed E-state index contributed by atoms with van der Waals surface area (Å²) >= 11 is 0. The lowest BCUT2D eigenvalue weighted by Gasteiger charge is -2.28. The van der Waals surface area contributed by atoms with Crippen LogP contribution in [0.5, 0.6) is 0 Å². The summed E-state index contributed by atoms with van der Waals surface area (Å²) in [5.41, 5.74) is 0. The highest BCUT2D eigenvalue weighted by Crippen LogP contribution is 2.55. The van der Waals surface area contributed by atoms with Crippen LogP contribution in [-0.2, 0) is 0 Å². The molecule has 1 aliphatic heterocycles. The molecule has 110 valence electrons. The molecule has 3 rings (SSSR count). The van der Waals surface area contributed by atoms with E-state index in [2.05, 4.69) is 108 Å². The highest BCUT2D eigenvalue weighted by Gasteiger charge is 2.61. The van der Waals surface area contributed by atoms with Crippen molar-refractivity contribution in [2.75, 3.05) is 0 Å². The molecule has 5 heteroatoms. The lowest BCUT2D eigenvalue weighted by atomic mass is 10.4. The summed E-state index contributed by atoms with van der Waals surface area (Å²) in [4.78, 5) is 0. The Morgan fingerprint density at radius 1 is 0.571 bits per heavy atom. The third kappa shape index (κ3) is 2.63. The van der Waals surface area contributed by atoms with Crippen LogP contribution in [0.3, 0.4) is 0 Å². The fraction of sp³-hybridized carbons (Fsp3) is 0.250. The van der Waals surface area contributed by atoms with Crippen molar-refractivity contribution in [3.8, 4) is 0 Å². The van der Waals surface area contributed by atoms with Crippen LogP contribution in [0.1, 0.15) is 0 Å². The van der Waals surface area contributed by atoms with Crippen molar-refractivity contribution < 1.29 is 0 Å². The zero-order valence-corrected chi connectivity index (χ0v) is 17.7. The van der Waals surface area contributed by atoms with Gasteiger partial charge in [0, 0.05) is 0 Å². The number of rotatable bonds is 2. The SMILES string of the molecule is C[Si]1(C)S[Si](c2ccccc2)(c2ccccc2)S[Si]1(C)C. The topological polar surface area (TPSA) is 0 Å². The Morgan fingerprint density at radius 3 is 1.24 bits per heavy atom. The first-order valence-electron chi connectivity index (χ1n) is 7.39. The molecule has 1 heterocycles. The second kappa shape index (κ2) is 5.46. The largest absolute Gasteiger partial charge is 0.228 e. The average Bonchev–Trinajstić information content (AvgIpc) is 2.67. The first-order valence-corrected chi connectivity index (χ1v) is 20.9. The summed E-state index contributed by atoms with van der Waals surface area (Å²) in [7, 11) is 4.86. The van der Waals surface area contributed by atoms with Crippen LogP contribution in [0.4, 0.5) is 0 Å². The monoisotopic (exact) mass is 362 g/mol. The van der Waals surface area contributed by atoms with Gasteiger partial charge in [-0.25, -0.2) is 0 Å². The van der Waals surface area contributed by atoms with Crippen molar-refractivity contribution in [3.63, 3.8) is 0 Å². The van der Waals surface area contributed by atoms with E-state index in [9.17, 15) is 0 Å². The molecule has 0 amide bonds. The summed E-state index contributed by atoms with van der Waals surface area (Å²) < 4.78 is 0. The molecule has 21 heavy (non-hydrogen) atoms. The van der Waals surface area contributed by atoms with Gasteiger partial charge in [0.1, 0.15) is 13.5 Å². The van der Waals surface area contributed by atoms with E-state index >= 15 is 0 Å². The van der Waals surface area contributed by atoms with Gasteiger partial charge in [0.25, 0.3) is 0 Å². The van der Waals surface area contributed by atoms with Crippen LogP contribution >= 0.6 is 21.3 Å². The van der Waals surface area contributed by atoms with Gasteiger partial charge in [-0.05, 0) is 10.4 Å². The Kier molecular flexibility index (Phi) is 4.07. The van der Waals surface area contributed by atoms with Crippen LogP contribution in [0.25, 0.3) is 0 Å². The molecule has 0 unspecified atom stereocenters. The number of benzene rings is 2. The molecule has 0 spiro atoms. The lowest BCUT2D eigenvalue weighted by Crippen LogP contribution is -2.52. The summed E-state index contributed by atoms with van der Waals surface area (Å²) in [6.07, 6.45) is -1.70. The summed E-state index contributed by atoms with van der Waals surface area (Å²) in [5, 5.41) is 3.20. The molecule has 0 radical (unpaired) electrons. The van der Waals surface area contributed by atoms with Gasteiger partial charge < -0.3 is 0 Å². The minimum absolute atomic E-state index is 1.19. The Morgan fingerprint density at radius 2 is 0.905 bits per heavy atom. The second-order valence-electron chi connectivity index (χ2n) is 6.57. The molecule has 1 saturated heterocycles. The third-order valence-corrected chi connectivity index (χ3v) is 62.3. The third-order valence-electron chi connectivity index (χ3n) is 4.56. The van der Waals surface area contributed by atoms with Gasteiger partial charge in [-0.1, -0.05) is 86.9 Å². The minimum Gasteiger partial charge on any atom is -0.189 e. The van der Waals surface area contributed by atoms with E-state index in [-0.39, 0.29) is 0 Å². The van der Waals surface area contributed by atoms with Crippen LogP contribution in [0, 0.1) is 0 Å². The molecule has 1 fully saturated rings. The predicted octanol–water partition coefficient (Wildman–Crippen LogP) is 4.21. The Bertz CT molecular complexity index is 569. The Balaban J connectivity index is 2.20. The van der Waals surface area contributed by atoms with Crippen molar-refractivity contribution >= 4 is 51.5 Å². The average molecular weight is 363 g/mol. The van der Waals surface area contributed by atoms with E-state index in [1.807, 2.05) is 0 Å². The fourth-order valence-corrected chi connectivity index (χ4v) is 85.7. The fourth-order valence-electron chi connectivity index (χ4n) is 2.70. The molecule has 1 aliphatic rings. The Hall–Kier alpha value is -0.209. The minimum atomic E-state index is -1.70. The molecule has 0 bridgehead atoms. The van der Waals surface area contributed by atoms with E-state index in [0.29, 0.717) is 0 Å². The van der Waals surface area contributed by atoms with Gasteiger partial charge >= 0.3 is 0 Å². The van der Waals surface area contributed by atoms with Crippen LogP contribution < -0.4 is 10.4 Å². The summed E-state index contributed by atoms with van der Waals surface area (Å²) in [6, 6.07) is 22.7. The predicted molar refractivity (Wildman–Crippen MR) is 108 cm³/mol.